The van der Waals surface area contributed by atoms with Gasteiger partial charge in [-0.05, 0) is 24.3 Å². The van der Waals surface area contributed by atoms with E-state index in [4.69, 9.17) is 4.74 Å². The highest BCUT2D eigenvalue weighted by Crippen LogP contribution is 2.15. The molecule has 1 rings (SSSR count). The average molecular weight is 295 g/mol. The molecule has 0 amide bonds. The molecule has 0 radical (unpaired) electrons. The van der Waals surface area contributed by atoms with Crippen molar-refractivity contribution in [2.45, 2.75) is 32.8 Å². The monoisotopic (exact) mass is 295 g/mol. The summed E-state index contributed by atoms with van der Waals surface area (Å²) >= 11 is 1.86. The van der Waals surface area contributed by atoms with Gasteiger partial charge in [-0.25, -0.2) is 0 Å². The average Bonchev–Trinajstić information content (AvgIpc) is 2.43. The second-order valence-electron chi connectivity index (χ2n) is 4.88. The predicted molar refractivity (Wildman–Crippen MR) is 87.5 cm³/mol. The summed E-state index contributed by atoms with van der Waals surface area (Å²) in [4.78, 5) is 13.3. The minimum absolute atomic E-state index is 0.0560. The topological polar surface area (TPSA) is 29.5 Å². The number of carbonyl (C=O) groups excluding carboxylic acids is 1. The lowest BCUT2D eigenvalue weighted by Crippen LogP contribution is -2.34. The summed E-state index contributed by atoms with van der Waals surface area (Å²) in [5, 5.41) is 0. The number of likely N-dealkylation sites (N-methyl/N-ethyl adjacent to an activating group) is 1. The van der Waals surface area contributed by atoms with Crippen LogP contribution in [0.15, 0.2) is 30.3 Å². The first-order valence-corrected chi connectivity index (χ1v) is 8.30. The van der Waals surface area contributed by atoms with Gasteiger partial charge >= 0.3 is 5.97 Å². The van der Waals surface area contributed by atoms with Crippen molar-refractivity contribution in [2.75, 3.05) is 30.0 Å². The molecule has 0 aliphatic rings. The zero-order valence-corrected chi connectivity index (χ0v) is 13.5. The Hall–Kier alpha value is -1.16. The number of thioether (sulfide) groups is 1. The van der Waals surface area contributed by atoms with Gasteiger partial charge in [-0.3, -0.25) is 4.79 Å². The SMILES string of the molecule is CCCCSCC(CN(C)c1ccccc1)OC(C)=O. The van der Waals surface area contributed by atoms with Crippen molar-refractivity contribution in [3.05, 3.63) is 30.3 Å². The maximum absolute atomic E-state index is 11.2. The molecule has 0 N–H and O–H groups in total. The van der Waals surface area contributed by atoms with Crippen LogP contribution in [-0.2, 0) is 9.53 Å². The quantitative estimate of drug-likeness (QED) is 0.514. The van der Waals surface area contributed by atoms with Gasteiger partial charge < -0.3 is 9.64 Å². The van der Waals surface area contributed by atoms with Crippen molar-refractivity contribution in [1.29, 1.82) is 0 Å². The van der Waals surface area contributed by atoms with Crippen LogP contribution in [0.1, 0.15) is 26.7 Å². The molecule has 1 aromatic carbocycles. The highest BCUT2D eigenvalue weighted by molar-refractivity contribution is 7.99. The minimum Gasteiger partial charge on any atom is -0.460 e. The number of para-hydroxylation sites is 1. The molecule has 0 aromatic heterocycles. The van der Waals surface area contributed by atoms with E-state index in [2.05, 4.69) is 24.0 Å². The Morgan fingerprint density at radius 3 is 2.65 bits per heavy atom. The number of hydrogen-bond acceptors (Lipinski definition) is 4. The largest absolute Gasteiger partial charge is 0.460 e. The van der Waals surface area contributed by atoms with E-state index in [9.17, 15) is 4.79 Å². The Morgan fingerprint density at radius 2 is 2.05 bits per heavy atom. The van der Waals surface area contributed by atoms with Crippen LogP contribution in [0.25, 0.3) is 0 Å². The van der Waals surface area contributed by atoms with Crippen LogP contribution in [-0.4, -0.2) is 37.2 Å². The van der Waals surface area contributed by atoms with Gasteiger partial charge in [-0.1, -0.05) is 31.5 Å². The van der Waals surface area contributed by atoms with Crippen LogP contribution in [0.3, 0.4) is 0 Å². The number of hydrogen-bond donors (Lipinski definition) is 0. The Bertz CT molecular complexity index is 383. The zero-order chi connectivity index (χ0) is 14.8. The fourth-order valence-electron chi connectivity index (χ4n) is 1.91. The molecule has 0 bridgehead atoms. The van der Waals surface area contributed by atoms with E-state index in [1.54, 1.807) is 0 Å². The van der Waals surface area contributed by atoms with Gasteiger partial charge in [-0.15, -0.1) is 0 Å². The molecule has 0 spiro atoms. The summed E-state index contributed by atoms with van der Waals surface area (Å²) in [6.45, 7) is 4.39. The number of ether oxygens (including phenoxy) is 1. The zero-order valence-electron chi connectivity index (χ0n) is 12.7. The number of unbranched alkanes of at least 4 members (excludes halogenated alkanes) is 1. The fraction of sp³-hybridized carbons (Fsp3) is 0.562. The highest BCUT2D eigenvalue weighted by Gasteiger charge is 2.15. The molecule has 0 aliphatic carbocycles. The second-order valence-corrected chi connectivity index (χ2v) is 6.03. The molecule has 1 atom stereocenters. The molecule has 20 heavy (non-hydrogen) atoms. The molecule has 0 aliphatic heterocycles. The van der Waals surface area contributed by atoms with E-state index < -0.39 is 0 Å². The molecule has 1 aromatic rings. The molecule has 3 nitrogen and oxygen atoms in total. The molecule has 112 valence electrons. The summed E-state index contributed by atoms with van der Waals surface area (Å²) < 4.78 is 5.42. The fourth-order valence-corrected chi connectivity index (χ4v) is 3.01. The van der Waals surface area contributed by atoms with Crippen molar-refractivity contribution < 1.29 is 9.53 Å². The van der Waals surface area contributed by atoms with Crippen molar-refractivity contribution in [3.8, 4) is 0 Å². The Labute approximate surface area is 126 Å². The molecular weight excluding hydrogens is 270 g/mol. The summed E-state index contributed by atoms with van der Waals surface area (Å²) in [6, 6.07) is 10.2. The second kappa shape index (κ2) is 9.70. The van der Waals surface area contributed by atoms with Gasteiger partial charge in [0.2, 0.25) is 0 Å². The van der Waals surface area contributed by atoms with Crippen LogP contribution in [0, 0.1) is 0 Å². The van der Waals surface area contributed by atoms with Crippen molar-refractivity contribution >= 4 is 23.4 Å². The lowest BCUT2D eigenvalue weighted by atomic mass is 10.3. The van der Waals surface area contributed by atoms with E-state index in [0.29, 0.717) is 0 Å². The lowest BCUT2D eigenvalue weighted by Gasteiger charge is -2.25. The summed E-state index contributed by atoms with van der Waals surface area (Å²) in [7, 11) is 2.03. The Balaban J connectivity index is 2.48. The summed E-state index contributed by atoms with van der Waals surface area (Å²) in [5.41, 5.74) is 1.14. The predicted octanol–water partition coefficient (Wildman–Crippen LogP) is 3.59. The number of anilines is 1. The number of benzene rings is 1. The molecule has 0 heterocycles. The van der Waals surface area contributed by atoms with Crippen LogP contribution < -0.4 is 4.90 Å². The first-order valence-electron chi connectivity index (χ1n) is 7.14. The van der Waals surface area contributed by atoms with Gasteiger partial charge in [0.15, 0.2) is 0 Å². The van der Waals surface area contributed by atoms with Crippen LogP contribution >= 0.6 is 11.8 Å². The number of carbonyl (C=O) groups is 1. The molecular formula is C16H25NO2S. The third-order valence-corrected chi connectivity index (χ3v) is 4.14. The lowest BCUT2D eigenvalue weighted by molar-refractivity contribution is -0.144. The van der Waals surface area contributed by atoms with E-state index >= 15 is 0 Å². The Kier molecular flexibility index (Phi) is 8.19. The minimum atomic E-state index is -0.201. The smallest absolute Gasteiger partial charge is 0.302 e. The maximum Gasteiger partial charge on any atom is 0.302 e. The number of nitrogens with zero attached hydrogens (tertiary/aromatic N) is 1. The van der Waals surface area contributed by atoms with Crippen molar-refractivity contribution in [3.63, 3.8) is 0 Å². The van der Waals surface area contributed by atoms with Gasteiger partial charge in [0, 0.05) is 25.4 Å². The van der Waals surface area contributed by atoms with E-state index in [1.807, 2.05) is 37.0 Å². The first kappa shape index (κ1) is 16.9. The van der Waals surface area contributed by atoms with E-state index in [-0.39, 0.29) is 12.1 Å². The van der Waals surface area contributed by atoms with Crippen molar-refractivity contribution in [1.82, 2.24) is 0 Å². The molecule has 0 fully saturated rings. The van der Waals surface area contributed by atoms with Gasteiger partial charge in [0.25, 0.3) is 0 Å². The van der Waals surface area contributed by atoms with E-state index in [1.165, 1.54) is 19.8 Å². The normalized spacial score (nSPS) is 11.9. The molecule has 4 heteroatoms. The molecule has 1 unspecified atom stereocenters. The third kappa shape index (κ3) is 6.85. The Morgan fingerprint density at radius 1 is 1.35 bits per heavy atom. The molecule has 0 saturated carbocycles. The van der Waals surface area contributed by atoms with Crippen LogP contribution in [0.2, 0.25) is 0 Å². The highest BCUT2D eigenvalue weighted by atomic mass is 32.2. The van der Waals surface area contributed by atoms with E-state index in [0.717, 1.165) is 23.7 Å². The van der Waals surface area contributed by atoms with Crippen molar-refractivity contribution in [2.24, 2.45) is 0 Å². The summed E-state index contributed by atoms with van der Waals surface area (Å²) in [6.07, 6.45) is 2.36. The van der Waals surface area contributed by atoms with Gasteiger partial charge in [-0.2, -0.15) is 11.8 Å². The van der Waals surface area contributed by atoms with Gasteiger partial charge in [0.1, 0.15) is 6.10 Å². The number of esters is 1. The molecule has 0 saturated heterocycles. The van der Waals surface area contributed by atoms with Crippen LogP contribution in [0.4, 0.5) is 5.69 Å². The van der Waals surface area contributed by atoms with Gasteiger partial charge in [0.05, 0.1) is 6.54 Å². The summed E-state index contributed by atoms with van der Waals surface area (Å²) in [5.74, 6) is 1.78. The maximum atomic E-state index is 11.2. The standard InChI is InChI=1S/C16H25NO2S/c1-4-5-11-20-13-16(19-14(2)18)12-17(3)15-9-7-6-8-10-15/h6-10,16H,4-5,11-13H2,1-3H3. The first-order chi connectivity index (χ1) is 9.63. The third-order valence-electron chi connectivity index (χ3n) is 2.95. The van der Waals surface area contributed by atoms with Crippen LogP contribution in [0.5, 0.6) is 0 Å². The number of rotatable bonds is 9.